The van der Waals surface area contributed by atoms with Crippen molar-refractivity contribution in [1.29, 1.82) is 0 Å². The van der Waals surface area contributed by atoms with Crippen molar-refractivity contribution in [2.45, 2.75) is 39.0 Å². The van der Waals surface area contributed by atoms with Crippen molar-refractivity contribution in [3.63, 3.8) is 0 Å². The second-order valence-electron chi connectivity index (χ2n) is 5.88. The third kappa shape index (κ3) is 5.38. The molecule has 0 bridgehead atoms. The van der Waals surface area contributed by atoms with Crippen LogP contribution in [0.4, 0.5) is 0 Å². The van der Waals surface area contributed by atoms with E-state index in [1.807, 2.05) is 0 Å². The Morgan fingerprint density at radius 2 is 2.11 bits per heavy atom. The molecule has 0 aromatic carbocycles. The number of piperidine rings is 1. The van der Waals surface area contributed by atoms with Crippen LogP contribution in [-0.4, -0.2) is 45.6 Å². The third-order valence-electron chi connectivity index (χ3n) is 3.76. The minimum absolute atomic E-state index is 0.465. The van der Waals surface area contributed by atoms with E-state index in [0.717, 1.165) is 31.8 Å². The smallest absolute Gasteiger partial charge is 0.279 e. The summed E-state index contributed by atoms with van der Waals surface area (Å²) < 4.78 is 33.8. The fourth-order valence-corrected chi connectivity index (χ4v) is 3.77. The number of hydrogen-bond donors (Lipinski definition) is 1. The molecule has 2 aliphatic rings. The summed E-state index contributed by atoms with van der Waals surface area (Å²) in [5.41, 5.74) is 0. The summed E-state index contributed by atoms with van der Waals surface area (Å²) in [6, 6.07) is 0. The zero-order valence-corrected chi connectivity index (χ0v) is 12.6. The van der Waals surface area contributed by atoms with Gasteiger partial charge < -0.3 is 4.74 Å². The molecule has 1 aliphatic heterocycles. The molecule has 1 aliphatic carbocycles. The third-order valence-corrected chi connectivity index (χ3v) is 5.34. The molecule has 5 nitrogen and oxygen atoms in total. The van der Waals surface area contributed by atoms with E-state index in [-0.39, 0.29) is 0 Å². The molecule has 0 aromatic rings. The van der Waals surface area contributed by atoms with Gasteiger partial charge >= 0.3 is 0 Å². The maximum absolute atomic E-state index is 12.1. The number of ether oxygens (including phenoxy) is 1. The average Bonchev–Trinajstić information content (AvgIpc) is 3.17. The largest absolute Gasteiger partial charge is 0.381 e. The molecule has 0 spiro atoms. The summed E-state index contributed by atoms with van der Waals surface area (Å²) in [7, 11) is -3.28. The Labute approximate surface area is 116 Å². The van der Waals surface area contributed by atoms with Gasteiger partial charge in [0.05, 0.1) is 0 Å². The Morgan fingerprint density at radius 3 is 2.79 bits per heavy atom. The lowest BCUT2D eigenvalue weighted by Gasteiger charge is -2.29. The van der Waals surface area contributed by atoms with Gasteiger partial charge in [0, 0.05) is 32.8 Å². The van der Waals surface area contributed by atoms with E-state index in [1.165, 1.54) is 12.8 Å². The van der Waals surface area contributed by atoms with E-state index in [0.29, 0.717) is 32.2 Å². The monoisotopic (exact) mass is 290 g/mol. The Morgan fingerprint density at radius 1 is 1.32 bits per heavy atom. The number of hydrogen-bond acceptors (Lipinski definition) is 3. The Balaban J connectivity index is 1.59. The van der Waals surface area contributed by atoms with Crippen LogP contribution in [0.15, 0.2) is 0 Å². The van der Waals surface area contributed by atoms with Crippen molar-refractivity contribution in [2.75, 3.05) is 32.8 Å². The summed E-state index contributed by atoms with van der Waals surface area (Å²) in [5.74, 6) is 1.23. The van der Waals surface area contributed by atoms with Crippen LogP contribution in [0.2, 0.25) is 0 Å². The predicted octanol–water partition coefficient (Wildman–Crippen LogP) is 1.37. The van der Waals surface area contributed by atoms with E-state index in [1.54, 1.807) is 4.31 Å². The summed E-state index contributed by atoms with van der Waals surface area (Å²) in [6.07, 6.45) is 5.42. The first-order valence-corrected chi connectivity index (χ1v) is 8.84. The standard InChI is InChI=1S/C13H26N2O3S/c1-12-4-2-8-15(10-12)19(16,17)14-7-3-9-18-11-13-5-6-13/h12-14H,2-11H2,1H3/t12-/m1/s1. The van der Waals surface area contributed by atoms with E-state index >= 15 is 0 Å². The minimum Gasteiger partial charge on any atom is -0.381 e. The second-order valence-corrected chi connectivity index (χ2v) is 7.63. The fourth-order valence-electron chi connectivity index (χ4n) is 2.37. The second kappa shape index (κ2) is 7.02. The maximum atomic E-state index is 12.1. The lowest BCUT2D eigenvalue weighted by Crippen LogP contribution is -2.45. The van der Waals surface area contributed by atoms with E-state index in [4.69, 9.17) is 4.74 Å². The Hall–Kier alpha value is -0.170. The molecule has 1 N–H and O–H groups in total. The Kier molecular flexibility index (Phi) is 5.62. The highest BCUT2D eigenvalue weighted by molar-refractivity contribution is 7.87. The van der Waals surface area contributed by atoms with Gasteiger partial charge in [-0.15, -0.1) is 0 Å². The Bertz CT molecular complexity index is 368. The van der Waals surface area contributed by atoms with Gasteiger partial charge in [-0.05, 0) is 43.9 Å². The van der Waals surface area contributed by atoms with Gasteiger partial charge in [-0.2, -0.15) is 12.7 Å². The van der Waals surface area contributed by atoms with Gasteiger partial charge in [0.15, 0.2) is 0 Å². The first-order valence-electron chi connectivity index (χ1n) is 7.40. The molecule has 1 heterocycles. The van der Waals surface area contributed by atoms with Crippen molar-refractivity contribution in [2.24, 2.45) is 11.8 Å². The lowest BCUT2D eigenvalue weighted by molar-refractivity contribution is 0.123. The van der Waals surface area contributed by atoms with Crippen molar-refractivity contribution < 1.29 is 13.2 Å². The van der Waals surface area contributed by atoms with E-state index in [9.17, 15) is 8.42 Å². The topological polar surface area (TPSA) is 58.6 Å². The minimum atomic E-state index is -3.28. The summed E-state index contributed by atoms with van der Waals surface area (Å²) in [6.45, 7) is 5.36. The van der Waals surface area contributed by atoms with E-state index in [2.05, 4.69) is 11.6 Å². The molecule has 19 heavy (non-hydrogen) atoms. The molecular weight excluding hydrogens is 264 g/mol. The van der Waals surface area contributed by atoms with Crippen molar-refractivity contribution >= 4 is 10.2 Å². The SMILES string of the molecule is C[C@@H]1CCCN(S(=O)(=O)NCCCOCC2CC2)C1. The van der Waals surface area contributed by atoms with E-state index < -0.39 is 10.2 Å². The maximum Gasteiger partial charge on any atom is 0.279 e. The molecule has 1 saturated heterocycles. The van der Waals surface area contributed by atoms with Crippen LogP contribution in [-0.2, 0) is 14.9 Å². The van der Waals surface area contributed by atoms with Crippen molar-refractivity contribution in [3.05, 3.63) is 0 Å². The van der Waals surface area contributed by atoms with Crippen LogP contribution >= 0.6 is 0 Å². The molecular formula is C13H26N2O3S. The highest BCUT2D eigenvalue weighted by Gasteiger charge is 2.26. The highest BCUT2D eigenvalue weighted by Crippen LogP contribution is 2.28. The van der Waals surface area contributed by atoms with Crippen LogP contribution in [0, 0.1) is 11.8 Å². The van der Waals surface area contributed by atoms with Gasteiger partial charge in [-0.3, -0.25) is 0 Å². The zero-order valence-electron chi connectivity index (χ0n) is 11.8. The van der Waals surface area contributed by atoms with Crippen LogP contribution in [0.3, 0.4) is 0 Å². The number of nitrogens with zero attached hydrogens (tertiary/aromatic N) is 1. The fraction of sp³-hybridized carbons (Fsp3) is 1.00. The molecule has 6 heteroatoms. The van der Waals surface area contributed by atoms with Crippen LogP contribution in [0.25, 0.3) is 0 Å². The zero-order chi connectivity index (χ0) is 13.7. The van der Waals surface area contributed by atoms with Crippen molar-refractivity contribution in [1.82, 2.24) is 9.03 Å². The lowest BCUT2D eigenvalue weighted by atomic mass is 10.0. The molecule has 2 fully saturated rings. The van der Waals surface area contributed by atoms with Gasteiger partial charge in [0.2, 0.25) is 0 Å². The molecule has 1 saturated carbocycles. The summed E-state index contributed by atoms with van der Waals surface area (Å²) in [4.78, 5) is 0. The normalized spacial score (nSPS) is 25.6. The first-order chi connectivity index (χ1) is 9.08. The average molecular weight is 290 g/mol. The first kappa shape index (κ1) is 15.2. The summed E-state index contributed by atoms with van der Waals surface area (Å²) in [5, 5.41) is 0. The quantitative estimate of drug-likeness (QED) is 0.687. The number of rotatable bonds is 8. The molecule has 0 amide bonds. The van der Waals surface area contributed by atoms with Gasteiger partial charge in [-0.1, -0.05) is 6.92 Å². The summed E-state index contributed by atoms with van der Waals surface area (Å²) >= 11 is 0. The van der Waals surface area contributed by atoms with Crippen LogP contribution < -0.4 is 4.72 Å². The van der Waals surface area contributed by atoms with Crippen molar-refractivity contribution in [3.8, 4) is 0 Å². The number of nitrogens with one attached hydrogen (secondary N) is 1. The molecule has 0 aromatic heterocycles. The van der Waals surface area contributed by atoms with Gasteiger partial charge in [0.25, 0.3) is 10.2 Å². The molecule has 2 rings (SSSR count). The van der Waals surface area contributed by atoms with Gasteiger partial charge in [-0.25, -0.2) is 4.72 Å². The molecule has 112 valence electrons. The van der Waals surface area contributed by atoms with Crippen LogP contribution in [0.5, 0.6) is 0 Å². The van der Waals surface area contributed by atoms with Gasteiger partial charge in [0.1, 0.15) is 0 Å². The predicted molar refractivity (Wildman–Crippen MR) is 75.1 cm³/mol. The highest BCUT2D eigenvalue weighted by atomic mass is 32.2. The molecule has 1 atom stereocenters. The molecule has 0 unspecified atom stereocenters. The molecule has 0 radical (unpaired) electrons. The van der Waals surface area contributed by atoms with Crippen LogP contribution in [0.1, 0.15) is 39.0 Å².